The Bertz CT molecular complexity index is 287. The van der Waals surface area contributed by atoms with Gasteiger partial charge in [0.25, 0.3) is 0 Å². The van der Waals surface area contributed by atoms with Gasteiger partial charge >= 0.3 is 5.97 Å². The summed E-state index contributed by atoms with van der Waals surface area (Å²) in [5.41, 5.74) is 5.40. The fourth-order valence-electron chi connectivity index (χ4n) is 1.94. The third kappa shape index (κ3) is 12.3. The molecule has 0 aromatic carbocycles. The molecule has 124 valence electrons. The maximum absolute atomic E-state index is 12.0. The molecule has 0 spiro atoms. The van der Waals surface area contributed by atoms with E-state index in [1.165, 1.54) is 4.90 Å². The molecule has 0 rings (SSSR count). The molecule has 0 radical (unpaired) electrons. The summed E-state index contributed by atoms with van der Waals surface area (Å²) < 4.78 is 0. The first kappa shape index (κ1) is 19.8. The van der Waals surface area contributed by atoms with Crippen LogP contribution in [0.5, 0.6) is 0 Å². The van der Waals surface area contributed by atoms with Gasteiger partial charge in [0.05, 0.1) is 0 Å². The highest BCUT2D eigenvalue weighted by Gasteiger charge is 2.15. The molecule has 0 aliphatic carbocycles. The number of carbonyl (C=O) groups excluding carboxylic acids is 1. The van der Waals surface area contributed by atoms with E-state index in [9.17, 15) is 9.59 Å². The summed E-state index contributed by atoms with van der Waals surface area (Å²) in [6.07, 6.45) is 3.74. The second-order valence-corrected chi connectivity index (χ2v) is 5.02. The molecule has 0 aromatic rings. The van der Waals surface area contributed by atoms with Crippen LogP contribution < -0.4 is 16.4 Å². The highest BCUT2D eigenvalue weighted by molar-refractivity contribution is 5.81. The lowest BCUT2D eigenvalue weighted by atomic mass is 10.1. The van der Waals surface area contributed by atoms with E-state index in [-0.39, 0.29) is 12.5 Å². The zero-order valence-electron chi connectivity index (χ0n) is 13.1. The summed E-state index contributed by atoms with van der Waals surface area (Å²) in [4.78, 5) is 24.3. The Hall–Kier alpha value is -1.18. The average molecular weight is 302 g/mol. The van der Waals surface area contributed by atoms with Gasteiger partial charge in [-0.1, -0.05) is 6.42 Å². The molecule has 0 saturated heterocycles. The number of hydrogen-bond donors (Lipinski definition) is 4. The molecule has 0 fully saturated rings. The number of likely N-dealkylation sites (N-methyl/N-ethyl adjacent to an activating group) is 1. The van der Waals surface area contributed by atoms with Crippen LogP contribution in [0.4, 0.5) is 0 Å². The number of unbranched alkanes of at least 4 members (excludes halogenated alkanes) is 2. The summed E-state index contributed by atoms with van der Waals surface area (Å²) in [6.45, 7) is 3.42. The van der Waals surface area contributed by atoms with Gasteiger partial charge in [0.1, 0.15) is 6.54 Å². The van der Waals surface area contributed by atoms with Crippen LogP contribution in [-0.4, -0.2) is 68.2 Å². The van der Waals surface area contributed by atoms with E-state index in [0.717, 1.165) is 45.3 Å². The molecule has 21 heavy (non-hydrogen) atoms. The summed E-state index contributed by atoms with van der Waals surface area (Å²) >= 11 is 0. The SMILES string of the molecule is CNCCNCCCN(CC(=O)O)C(=O)CCCCCN. The second-order valence-electron chi connectivity index (χ2n) is 5.02. The van der Waals surface area contributed by atoms with Gasteiger partial charge in [-0.3, -0.25) is 9.59 Å². The van der Waals surface area contributed by atoms with E-state index < -0.39 is 5.97 Å². The van der Waals surface area contributed by atoms with Crippen LogP contribution in [0.2, 0.25) is 0 Å². The van der Waals surface area contributed by atoms with Gasteiger partial charge in [0.15, 0.2) is 0 Å². The van der Waals surface area contributed by atoms with Gasteiger partial charge < -0.3 is 26.4 Å². The normalized spacial score (nSPS) is 10.6. The fourth-order valence-corrected chi connectivity index (χ4v) is 1.94. The molecule has 0 atom stereocenters. The monoisotopic (exact) mass is 302 g/mol. The van der Waals surface area contributed by atoms with Gasteiger partial charge in [0, 0.05) is 26.1 Å². The number of carbonyl (C=O) groups is 2. The highest BCUT2D eigenvalue weighted by Crippen LogP contribution is 2.04. The first-order chi connectivity index (χ1) is 10.1. The molecular formula is C14H30N4O3. The number of carboxylic acids is 1. The van der Waals surface area contributed by atoms with E-state index in [1.807, 2.05) is 7.05 Å². The lowest BCUT2D eigenvalue weighted by molar-refractivity contribution is -0.144. The molecule has 0 aliphatic rings. The third-order valence-corrected chi connectivity index (χ3v) is 3.11. The summed E-state index contributed by atoms with van der Waals surface area (Å²) in [5, 5.41) is 15.1. The molecule has 0 unspecified atom stereocenters. The molecular weight excluding hydrogens is 272 g/mol. The number of nitrogens with zero attached hydrogens (tertiary/aromatic N) is 1. The smallest absolute Gasteiger partial charge is 0.323 e. The second kappa shape index (κ2) is 13.8. The maximum atomic E-state index is 12.0. The Labute approximate surface area is 127 Å². The first-order valence-electron chi connectivity index (χ1n) is 7.66. The molecule has 7 heteroatoms. The minimum absolute atomic E-state index is 0.0790. The average Bonchev–Trinajstić information content (AvgIpc) is 2.45. The van der Waals surface area contributed by atoms with Gasteiger partial charge in [0.2, 0.25) is 5.91 Å². The lowest BCUT2D eigenvalue weighted by Gasteiger charge is -2.21. The molecule has 1 amide bonds. The predicted octanol–water partition coefficient (Wildman–Crippen LogP) is -0.382. The van der Waals surface area contributed by atoms with Crippen LogP contribution in [0, 0.1) is 0 Å². The van der Waals surface area contributed by atoms with Crippen LogP contribution >= 0.6 is 0 Å². The van der Waals surface area contributed by atoms with Gasteiger partial charge in [-0.15, -0.1) is 0 Å². The number of carboxylic acid groups (broad SMARTS) is 1. The van der Waals surface area contributed by atoms with Crippen LogP contribution in [0.3, 0.4) is 0 Å². The van der Waals surface area contributed by atoms with E-state index in [1.54, 1.807) is 0 Å². The van der Waals surface area contributed by atoms with Crippen LogP contribution in [0.1, 0.15) is 32.1 Å². The van der Waals surface area contributed by atoms with Crippen molar-refractivity contribution in [2.75, 3.05) is 46.3 Å². The minimum Gasteiger partial charge on any atom is -0.480 e. The Morgan fingerprint density at radius 1 is 1.10 bits per heavy atom. The number of aliphatic carboxylic acids is 1. The van der Waals surface area contributed by atoms with Crippen molar-refractivity contribution >= 4 is 11.9 Å². The van der Waals surface area contributed by atoms with Crippen LogP contribution in [-0.2, 0) is 9.59 Å². The number of hydrogen-bond acceptors (Lipinski definition) is 5. The molecule has 0 heterocycles. The first-order valence-corrected chi connectivity index (χ1v) is 7.66. The van der Waals surface area contributed by atoms with Crippen molar-refractivity contribution in [3.8, 4) is 0 Å². The van der Waals surface area contributed by atoms with Crippen molar-refractivity contribution < 1.29 is 14.7 Å². The van der Waals surface area contributed by atoms with Crippen molar-refractivity contribution in [2.24, 2.45) is 5.73 Å². The number of amides is 1. The van der Waals surface area contributed by atoms with Crippen molar-refractivity contribution in [1.29, 1.82) is 0 Å². The van der Waals surface area contributed by atoms with E-state index in [2.05, 4.69) is 10.6 Å². The fraction of sp³-hybridized carbons (Fsp3) is 0.857. The van der Waals surface area contributed by atoms with E-state index in [0.29, 0.717) is 19.5 Å². The van der Waals surface area contributed by atoms with Crippen molar-refractivity contribution in [3.63, 3.8) is 0 Å². The Kier molecular flexibility index (Phi) is 13.0. The van der Waals surface area contributed by atoms with Crippen LogP contribution in [0.25, 0.3) is 0 Å². The lowest BCUT2D eigenvalue weighted by Crippen LogP contribution is -2.37. The van der Waals surface area contributed by atoms with E-state index >= 15 is 0 Å². The minimum atomic E-state index is -0.964. The van der Waals surface area contributed by atoms with Crippen molar-refractivity contribution in [3.05, 3.63) is 0 Å². The third-order valence-electron chi connectivity index (χ3n) is 3.11. The van der Waals surface area contributed by atoms with Gasteiger partial charge in [-0.25, -0.2) is 0 Å². The molecule has 7 nitrogen and oxygen atoms in total. The van der Waals surface area contributed by atoms with E-state index in [4.69, 9.17) is 10.8 Å². The number of nitrogens with one attached hydrogen (secondary N) is 2. The summed E-state index contributed by atoms with van der Waals surface area (Å²) in [7, 11) is 1.89. The zero-order chi connectivity index (χ0) is 15.9. The number of rotatable bonds is 14. The molecule has 0 bridgehead atoms. The number of nitrogens with two attached hydrogens (primary N) is 1. The molecule has 0 aliphatic heterocycles. The molecule has 0 aromatic heterocycles. The topological polar surface area (TPSA) is 108 Å². The Morgan fingerprint density at radius 2 is 1.86 bits per heavy atom. The standard InChI is InChI=1S/C14H30N4O3/c1-16-9-10-17-8-5-11-18(12-14(20)21)13(19)6-3-2-4-7-15/h16-17H,2-12,15H2,1H3,(H,20,21). The Balaban J connectivity index is 3.95. The predicted molar refractivity (Wildman–Crippen MR) is 83.2 cm³/mol. The molecule has 0 saturated carbocycles. The van der Waals surface area contributed by atoms with Gasteiger partial charge in [-0.05, 0) is 39.4 Å². The maximum Gasteiger partial charge on any atom is 0.323 e. The quantitative estimate of drug-likeness (QED) is 0.326. The van der Waals surface area contributed by atoms with Crippen LogP contribution in [0.15, 0.2) is 0 Å². The Morgan fingerprint density at radius 3 is 2.48 bits per heavy atom. The largest absolute Gasteiger partial charge is 0.480 e. The van der Waals surface area contributed by atoms with Crippen molar-refractivity contribution in [1.82, 2.24) is 15.5 Å². The zero-order valence-corrected chi connectivity index (χ0v) is 13.1. The van der Waals surface area contributed by atoms with Crippen molar-refractivity contribution in [2.45, 2.75) is 32.1 Å². The van der Waals surface area contributed by atoms with Gasteiger partial charge in [-0.2, -0.15) is 0 Å². The summed E-state index contributed by atoms with van der Waals surface area (Å²) in [6, 6.07) is 0. The summed E-state index contributed by atoms with van der Waals surface area (Å²) in [5.74, 6) is -1.04. The molecule has 5 N–H and O–H groups in total. The highest BCUT2D eigenvalue weighted by atomic mass is 16.4.